The number of aliphatic imine (C=N–C) groups is 2. The molecule has 0 bridgehead atoms. The van der Waals surface area contributed by atoms with Gasteiger partial charge in [-0.25, -0.2) is 0 Å². The average Bonchev–Trinajstić information content (AvgIpc) is 2.94. The Morgan fingerprint density at radius 1 is 0.702 bits per heavy atom. The number of aliphatic carboxylic acids is 2. The first kappa shape index (κ1) is 40.6. The van der Waals surface area contributed by atoms with Gasteiger partial charge in [-0.1, -0.05) is 64.1 Å². The Labute approximate surface area is 288 Å². The van der Waals surface area contributed by atoms with Crippen LogP contribution in [0.3, 0.4) is 0 Å². The number of carboxylic acid groups (broad SMARTS) is 2. The van der Waals surface area contributed by atoms with Crippen molar-refractivity contribution < 1.29 is 46.8 Å². The summed E-state index contributed by atoms with van der Waals surface area (Å²) in [6.07, 6.45) is 5.37. The second kappa shape index (κ2) is 19.2. The molecule has 0 unspecified atom stereocenters. The number of carbonyl (C=O) groups is 2. The number of carbonyl (C=O) groups excluding carboxylic acids is 2. The van der Waals surface area contributed by atoms with Gasteiger partial charge < -0.3 is 30.0 Å². The van der Waals surface area contributed by atoms with Crippen molar-refractivity contribution in [3.63, 3.8) is 0 Å². The molecule has 8 nitrogen and oxygen atoms in total. The fourth-order valence-electron chi connectivity index (χ4n) is 4.94. The van der Waals surface area contributed by atoms with Crippen molar-refractivity contribution in [2.45, 2.75) is 68.2 Å². The first-order chi connectivity index (χ1) is 21.6. The van der Waals surface area contributed by atoms with Crippen molar-refractivity contribution in [3.8, 4) is 11.5 Å². The van der Waals surface area contributed by atoms with Crippen LogP contribution in [-0.2, 0) is 39.2 Å². The Bertz CT molecular complexity index is 1600. The average molecular weight is 684 g/mol. The number of aryl methyl sites for hydroxylation is 2. The van der Waals surface area contributed by atoms with Crippen molar-refractivity contribution in [2.24, 2.45) is 21.8 Å². The molecule has 4 aromatic rings. The second-order valence-electron chi connectivity index (χ2n) is 12.0. The molecule has 0 aliphatic heterocycles. The molecule has 0 fully saturated rings. The monoisotopic (exact) mass is 683 g/mol. The van der Waals surface area contributed by atoms with Crippen LogP contribution in [0.4, 0.5) is 11.4 Å². The van der Waals surface area contributed by atoms with E-state index >= 15 is 0 Å². The molecule has 0 atom stereocenters. The minimum absolute atomic E-state index is 0. The van der Waals surface area contributed by atoms with E-state index < -0.39 is 11.9 Å². The van der Waals surface area contributed by atoms with Crippen LogP contribution in [0.1, 0.15) is 74.9 Å². The van der Waals surface area contributed by atoms with Gasteiger partial charge >= 0.3 is 16.8 Å². The summed E-state index contributed by atoms with van der Waals surface area (Å²) in [6, 6.07) is 20.1. The summed E-state index contributed by atoms with van der Waals surface area (Å²) in [5, 5.41) is 41.1. The largest absolute Gasteiger partial charge is 2.00 e. The van der Waals surface area contributed by atoms with E-state index in [1.165, 1.54) is 11.1 Å². The van der Waals surface area contributed by atoms with Crippen LogP contribution in [-0.4, -0.2) is 34.6 Å². The standard InChI is InChI=1S/C34H38N2O2.2C2H4O2.Co/c1-21(2)13-25-15-23(5)33(37)28(17-25)19-35-30-11-7-9-27-10-8-12-31(32(27)30)36-20-29-18-26(14-22(3)4)16-24(6)34(29)38;2*1-2(3)4;/h7-12,15-22,37-38H,13-14H2,1-6H3;2*1H3,(H,3,4);/q;;;+2/p-2. The van der Waals surface area contributed by atoms with E-state index in [-0.39, 0.29) is 28.3 Å². The molecule has 47 heavy (non-hydrogen) atoms. The molecule has 9 heteroatoms. The molecule has 0 aliphatic carbocycles. The summed E-state index contributed by atoms with van der Waals surface area (Å²) in [4.78, 5) is 27.4. The molecule has 0 amide bonds. The molecule has 4 aromatic carbocycles. The van der Waals surface area contributed by atoms with Crippen LogP contribution < -0.4 is 10.2 Å². The summed E-state index contributed by atoms with van der Waals surface area (Å²) < 4.78 is 0. The van der Waals surface area contributed by atoms with Crippen LogP contribution >= 0.6 is 0 Å². The second-order valence-corrected chi connectivity index (χ2v) is 12.0. The summed E-state index contributed by atoms with van der Waals surface area (Å²) in [5.41, 5.74) is 7.04. The van der Waals surface area contributed by atoms with E-state index in [9.17, 15) is 10.2 Å². The molecule has 4 rings (SSSR count). The van der Waals surface area contributed by atoms with Gasteiger partial charge in [0.05, 0.1) is 11.4 Å². The topological polar surface area (TPSA) is 145 Å². The molecule has 0 spiro atoms. The molecule has 2 N–H and O–H groups in total. The van der Waals surface area contributed by atoms with E-state index in [1.807, 2.05) is 74.5 Å². The Morgan fingerprint density at radius 2 is 1.04 bits per heavy atom. The van der Waals surface area contributed by atoms with Crippen molar-refractivity contribution in [1.29, 1.82) is 0 Å². The summed E-state index contributed by atoms with van der Waals surface area (Å²) in [5.74, 6) is -0.605. The van der Waals surface area contributed by atoms with Crippen LogP contribution in [0, 0.1) is 25.7 Å². The molecule has 0 saturated carbocycles. The third-order valence-corrected chi connectivity index (χ3v) is 6.61. The molecular weight excluding hydrogens is 639 g/mol. The van der Waals surface area contributed by atoms with Crippen molar-refractivity contribution in [1.82, 2.24) is 0 Å². The first-order valence-electron chi connectivity index (χ1n) is 15.2. The molecule has 0 aromatic heterocycles. The van der Waals surface area contributed by atoms with Gasteiger partial charge in [0.2, 0.25) is 0 Å². The Balaban J connectivity index is 0.00000110. The van der Waals surface area contributed by atoms with Gasteiger partial charge in [-0.2, -0.15) is 0 Å². The van der Waals surface area contributed by atoms with Crippen molar-refractivity contribution >= 4 is 46.5 Å². The fraction of sp³-hybridized carbons (Fsp3) is 0.316. The third kappa shape index (κ3) is 13.4. The maximum Gasteiger partial charge on any atom is 2.00 e. The van der Waals surface area contributed by atoms with Gasteiger partial charge in [0.15, 0.2) is 0 Å². The van der Waals surface area contributed by atoms with E-state index in [0.29, 0.717) is 23.0 Å². The molecular formula is C38H44CoN2O6. The number of phenolic OH excluding ortho intramolecular Hbond substituents is 2. The first-order valence-corrected chi connectivity index (χ1v) is 15.2. The summed E-state index contributed by atoms with van der Waals surface area (Å²) in [7, 11) is 0. The van der Waals surface area contributed by atoms with Gasteiger partial charge in [-0.3, -0.25) is 9.98 Å². The molecule has 0 aliphatic rings. The summed E-state index contributed by atoms with van der Waals surface area (Å²) in [6.45, 7) is 14.6. The SMILES string of the molecule is CC(=O)[O-].CC(=O)[O-].Cc1cc(CC(C)C)cc(C=Nc2cccc3cccc(N=Cc4cc(CC(C)C)cc(C)c4O)c23)c1O.[Co+2]. The van der Waals surface area contributed by atoms with E-state index in [4.69, 9.17) is 29.8 Å². The zero-order chi connectivity index (χ0) is 34.6. The van der Waals surface area contributed by atoms with Crippen molar-refractivity contribution in [3.05, 3.63) is 94.0 Å². The predicted octanol–water partition coefficient (Wildman–Crippen LogP) is 6.28. The zero-order valence-electron chi connectivity index (χ0n) is 28.3. The van der Waals surface area contributed by atoms with Gasteiger partial charge in [-0.05, 0) is 104 Å². The predicted molar refractivity (Wildman–Crippen MR) is 183 cm³/mol. The molecule has 1 radical (unpaired) electrons. The van der Waals surface area contributed by atoms with Crippen molar-refractivity contribution in [2.75, 3.05) is 0 Å². The number of aromatic hydroxyl groups is 2. The van der Waals surface area contributed by atoms with E-state index in [2.05, 4.69) is 27.7 Å². The number of hydrogen-bond donors (Lipinski definition) is 2. The maximum atomic E-state index is 10.7. The normalized spacial score (nSPS) is 10.9. The number of carboxylic acids is 2. The van der Waals surface area contributed by atoms with E-state index in [0.717, 1.165) is 60.0 Å². The van der Waals surface area contributed by atoms with Crippen LogP contribution in [0.5, 0.6) is 11.5 Å². The number of phenols is 2. The molecule has 0 heterocycles. The minimum atomic E-state index is -1.08. The maximum absolute atomic E-state index is 10.7. The fourth-order valence-corrected chi connectivity index (χ4v) is 4.94. The Kier molecular flexibility index (Phi) is 16.6. The van der Waals surface area contributed by atoms with E-state index in [1.54, 1.807) is 12.4 Å². The van der Waals surface area contributed by atoms with Gasteiger partial charge in [0.1, 0.15) is 11.5 Å². The Morgan fingerprint density at radius 3 is 1.36 bits per heavy atom. The van der Waals surface area contributed by atoms with Gasteiger partial charge in [-0.15, -0.1) is 0 Å². The number of rotatable bonds is 8. The molecule has 251 valence electrons. The van der Waals surface area contributed by atoms with Gasteiger partial charge in [0.25, 0.3) is 0 Å². The number of benzene rings is 4. The summed E-state index contributed by atoms with van der Waals surface area (Å²) >= 11 is 0. The third-order valence-electron chi connectivity index (χ3n) is 6.61. The quantitative estimate of drug-likeness (QED) is 0.209. The number of fused-ring (bicyclic) bond motifs is 1. The van der Waals surface area contributed by atoms with Crippen LogP contribution in [0.25, 0.3) is 10.8 Å². The Hall–Kier alpha value is -4.47. The smallest absolute Gasteiger partial charge is 0.550 e. The van der Waals surface area contributed by atoms with Crippen LogP contribution in [0.15, 0.2) is 70.6 Å². The van der Waals surface area contributed by atoms with Gasteiger partial charge in [0, 0.05) is 40.9 Å². The number of hydrogen-bond acceptors (Lipinski definition) is 8. The molecule has 0 saturated heterocycles. The minimum Gasteiger partial charge on any atom is -0.550 e. The van der Waals surface area contributed by atoms with Crippen LogP contribution in [0.2, 0.25) is 0 Å². The zero-order valence-corrected chi connectivity index (χ0v) is 29.3. The number of nitrogens with zero attached hydrogens (tertiary/aromatic N) is 2.